The van der Waals surface area contributed by atoms with E-state index in [0.717, 1.165) is 19.3 Å². The van der Waals surface area contributed by atoms with Gasteiger partial charge in [0.1, 0.15) is 5.82 Å². The van der Waals surface area contributed by atoms with Crippen LogP contribution in [-0.4, -0.2) is 31.3 Å². The maximum absolute atomic E-state index is 13.1. The largest absolute Gasteiger partial charge is 0.388 e. The van der Waals surface area contributed by atoms with Crippen molar-refractivity contribution < 1.29 is 19.0 Å². The quantitative estimate of drug-likeness (QED) is 0.773. The number of ether oxygens (including phenoxy) is 1. The van der Waals surface area contributed by atoms with Gasteiger partial charge in [-0.15, -0.1) is 0 Å². The summed E-state index contributed by atoms with van der Waals surface area (Å²) in [4.78, 5) is 11.9. The summed E-state index contributed by atoms with van der Waals surface area (Å²) in [5, 5.41) is 12.8. The highest BCUT2D eigenvalue weighted by molar-refractivity contribution is 5.76. The molecule has 0 aliphatic heterocycles. The van der Waals surface area contributed by atoms with Gasteiger partial charge in [-0.25, -0.2) is 4.39 Å². The predicted molar refractivity (Wildman–Crippen MR) is 77.1 cm³/mol. The highest BCUT2D eigenvalue weighted by Crippen LogP contribution is 2.48. The van der Waals surface area contributed by atoms with Gasteiger partial charge in [-0.1, -0.05) is 12.1 Å². The van der Waals surface area contributed by atoms with E-state index >= 15 is 0 Å². The molecule has 1 aliphatic carbocycles. The van der Waals surface area contributed by atoms with Crippen molar-refractivity contribution in [2.24, 2.45) is 5.41 Å². The number of aliphatic hydroxyl groups excluding tert-OH is 1. The van der Waals surface area contributed by atoms with Crippen molar-refractivity contribution in [1.82, 2.24) is 5.32 Å². The van der Waals surface area contributed by atoms with Gasteiger partial charge < -0.3 is 15.2 Å². The fourth-order valence-electron chi connectivity index (χ4n) is 2.38. The van der Waals surface area contributed by atoms with Gasteiger partial charge in [-0.05, 0) is 42.4 Å². The number of rotatable bonds is 8. The lowest BCUT2D eigenvalue weighted by atomic mass is 10.0. The van der Waals surface area contributed by atoms with Crippen LogP contribution in [-0.2, 0) is 9.53 Å². The summed E-state index contributed by atoms with van der Waals surface area (Å²) in [6.45, 7) is 1.31. The molecule has 1 aromatic rings. The van der Waals surface area contributed by atoms with Crippen molar-refractivity contribution in [1.29, 1.82) is 0 Å². The van der Waals surface area contributed by atoms with Gasteiger partial charge in [0.05, 0.1) is 12.5 Å². The number of halogens is 1. The second-order valence-corrected chi connectivity index (χ2v) is 5.79. The van der Waals surface area contributed by atoms with Crippen LogP contribution in [0.1, 0.15) is 37.4 Å². The second-order valence-electron chi connectivity index (χ2n) is 5.79. The topological polar surface area (TPSA) is 58.6 Å². The average molecular weight is 295 g/mol. The van der Waals surface area contributed by atoms with E-state index in [2.05, 4.69) is 5.32 Å². The van der Waals surface area contributed by atoms with Crippen LogP contribution in [0.15, 0.2) is 24.3 Å². The highest BCUT2D eigenvalue weighted by Gasteiger charge is 2.42. The van der Waals surface area contributed by atoms with Crippen molar-refractivity contribution in [3.8, 4) is 0 Å². The molecular weight excluding hydrogens is 273 g/mol. The molecule has 0 saturated heterocycles. The van der Waals surface area contributed by atoms with Crippen LogP contribution in [0.2, 0.25) is 0 Å². The Morgan fingerprint density at radius 3 is 2.90 bits per heavy atom. The smallest absolute Gasteiger partial charge is 0.222 e. The van der Waals surface area contributed by atoms with Crippen molar-refractivity contribution in [3.05, 3.63) is 35.6 Å². The molecule has 0 radical (unpaired) electrons. The average Bonchev–Trinajstić information content (AvgIpc) is 3.23. The Morgan fingerprint density at radius 2 is 2.29 bits per heavy atom. The van der Waals surface area contributed by atoms with E-state index in [1.54, 1.807) is 13.2 Å². The van der Waals surface area contributed by atoms with E-state index in [9.17, 15) is 14.3 Å². The molecule has 1 atom stereocenters. The maximum atomic E-state index is 13.1. The summed E-state index contributed by atoms with van der Waals surface area (Å²) >= 11 is 0. The van der Waals surface area contributed by atoms with Gasteiger partial charge in [0.25, 0.3) is 0 Å². The minimum atomic E-state index is -0.977. The molecule has 1 aromatic carbocycles. The van der Waals surface area contributed by atoms with Crippen molar-refractivity contribution in [2.75, 3.05) is 20.3 Å². The third kappa shape index (κ3) is 4.79. The maximum Gasteiger partial charge on any atom is 0.222 e. The fraction of sp³-hybridized carbons (Fsp3) is 0.562. The fourth-order valence-corrected chi connectivity index (χ4v) is 2.38. The van der Waals surface area contributed by atoms with Crippen LogP contribution >= 0.6 is 0 Å². The summed E-state index contributed by atoms with van der Waals surface area (Å²) in [6.07, 6.45) is 2.11. The number of amides is 1. The molecule has 21 heavy (non-hydrogen) atoms. The lowest BCUT2D eigenvalue weighted by molar-refractivity contribution is -0.123. The number of methoxy groups -OCH3 is 1. The van der Waals surface area contributed by atoms with E-state index in [-0.39, 0.29) is 17.7 Å². The van der Waals surface area contributed by atoms with Crippen molar-refractivity contribution in [2.45, 2.75) is 31.8 Å². The Balaban J connectivity index is 1.77. The molecule has 1 unspecified atom stereocenters. The first-order valence-electron chi connectivity index (χ1n) is 7.24. The predicted octanol–water partition coefficient (Wildman–Crippen LogP) is 2.18. The summed E-state index contributed by atoms with van der Waals surface area (Å²) in [7, 11) is 1.67. The van der Waals surface area contributed by atoms with E-state index in [1.165, 1.54) is 18.2 Å². The normalized spacial score (nSPS) is 17.3. The number of carbonyl (C=O) groups excluding carboxylic acids is 1. The molecule has 0 spiro atoms. The lowest BCUT2D eigenvalue weighted by Gasteiger charge is -2.16. The summed E-state index contributed by atoms with van der Waals surface area (Å²) < 4.78 is 18.1. The molecule has 5 heteroatoms. The summed E-state index contributed by atoms with van der Waals surface area (Å²) in [6, 6.07) is 5.69. The van der Waals surface area contributed by atoms with Crippen LogP contribution in [0.4, 0.5) is 4.39 Å². The van der Waals surface area contributed by atoms with E-state index in [4.69, 9.17) is 4.74 Å². The van der Waals surface area contributed by atoms with Crippen LogP contribution < -0.4 is 5.32 Å². The molecule has 1 saturated carbocycles. The van der Waals surface area contributed by atoms with E-state index in [0.29, 0.717) is 18.7 Å². The molecule has 2 rings (SSSR count). The number of hydrogen-bond donors (Lipinski definition) is 2. The minimum Gasteiger partial charge on any atom is -0.388 e. The first-order valence-corrected chi connectivity index (χ1v) is 7.24. The zero-order valence-electron chi connectivity index (χ0n) is 12.3. The Hall–Kier alpha value is -1.46. The summed E-state index contributed by atoms with van der Waals surface area (Å²) in [5.41, 5.74) is 0.598. The van der Waals surface area contributed by atoms with Gasteiger partial charge in [0.2, 0.25) is 5.91 Å². The van der Waals surface area contributed by atoms with Crippen LogP contribution in [0.3, 0.4) is 0 Å². The van der Waals surface area contributed by atoms with E-state index in [1.807, 2.05) is 0 Å². The van der Waals surface area contributed by atoms with Crippen LogP contribution in [0, 0.1) is 11.2 Å². The molecule has 0 heterocycles. The monoisotopic (exact) mass is 295 g/mol. The molecule has 1 aliphatic rings. The first-order chi connectivity index (χ1) is 10.0. The molecule has 4 nitrogen and oxygen atoms in total. The molecule has 0 bridgehead atoms. The lowest BCUT2D eigenvalue weighted by Crippen LogP contribution is -2.31. The Bertz CT molecular complexity index is 488. The molecule has 1 fully saturated rings. The van der Waals surface area contributed by atoms with Crippen LogP contribution in [0.25, 0.3) is 0 Å². The Kier molecular flexibility index (Phi) is 5.31. The number of carbonyl (C=O) groups is 1. The summed E-state index contributed by atoms with van der Waals surface area (Å²) in [5.74, 6) is -0.626. The number of benzene rings is 1. The van der Waals surface area contributed by atoms with Gasteiger partial charge in [0, 0.05) is 20.3 Å². The molecule has 2 N–H and O–H groups in total. The molecule has 1 amide bonds. The zero-order valence-corrected chi connectivity index (χ0v) is 12.3. The third-order valence-corrected chi connectivity index (χ3v) is 4.07. The highest BCUT2D eigenvalue weighted by atomic mass is 19.1. The Labute approximate surface area is 124 Å². The van der Waals surface area contributed by atoms with E-state index < -0.39 is 11.9 Å². The number of aliphatic hydroxyl groups is 1. The standard InChI is InChI=1S/C16H22FNO3/c1-21-8-7-16(5-6-16)11-18-15(20)10-14(19)12-3-2-4-13(17)9-12/h2-4,9,14,19H,5-8,10-11H2,1H3,(H,18,20). The van der Waals surface area contributed by atoms with Crippen molar-refractivity contribution >= 4 is 5.91 Å². The second kappa shape index (κ2) is 7.00. The third-order valence-electron chi connectivity index (χ3n) is 4.07. The SMILES string of the molecule is COCCC1(CNC(=O)CC(O)c2cccc(F)c2)CC1. The van der Waals surface area contributed by atoms with Gasteiger partial charge >= 0.3 is 0 Å². The van der Waals surface area contributed by atoms with Gasteiger partial charge in [-0.2, -0.15) is 0 Å². The molecule has 0 aromatic heterocycles. The number of hydrogen-bond acceptors (Lipinski definition) is 3. The molecular formula is C16H22FNO3. The van der Waals surface area contributed by atoms with Crippen molar-refractivity contribution in [3.63, 3.8) is 0 Å². The Morgan fingerprint density at radius 1 is 1.52 bits per heavy atom. The first kappa shape index (κ1) is 15.9. The van der Waals surface area contributed by atoms with Gasteiger partial charge in [0.15, 0.2) is 0 Å². The number of nitrogens with one attached hydrogen (secondary N) is 1. The zero-order chi connectivity index (χ0) is 15.3. The minimum absolute atomic E-state index is 0.0518. The molecule has 116 valence electrons. The van der Waals surface area contributed by atoms with Crippen LogP contribution in [0.5, 0.6) is 0 Å². The van der Waals surface area contributed by atoms with Gasteiger partial charge in [-0.3, -0.25) is 4.79 Å².